The number of rotatable bonds is 8. The minimum absolute atomic E-state index is 0.203. The number of aromatic nitrogens is 1. The van der Waals surface area contributed by atoms with E-state index in [2.05, 4.69) is 9.71 Å². The van der Waals surface area contributed by atoms with Crippen LogP contribution in [0.4, 0.5) is 4.39 Å². The van der Waals surface area contributed by atoms with Gasteiger partial charge in [0, 0.05) is 10.9 Å². The molecule has 1 N–H and O–H groups in total. The molecule has 3 rings (SSSR count). The zero-order valence-corrected chi connectivity index (χ0v) is 18.5. The van der Waals surface area contributed by atoms with Crippen molar-refractivity contribution in [3.05, 3.63) is 58.9 Å². The number of esters is 1. The predicted octanol–water partition coefficient (Wildman–Crippen LogP) is 3.23. The Labute approximate surface area is 182 Å². The Hall–Kier alpha value is -3.02. The van der Waals surface area contributed by atoms with Gasteiger partial charge in [0.15, 0.2) is 11.5 Å². The molecule has 0 aliphatic carbocycles. The van der Waals surface area contributed by atoms with Crippen LogP contribution in [0.1, 0.15) is 16.1 Å². The van der Waals surface area contributed by atoms with Crippen LogP contribution in [0.25, 0.3) is 10.6 Å². The van der Waals surface area contributed by atoms with Crippen molar-refractivity contribution < 1.29 is 31.8 Å². The first kappa shape index (κ1) is 22.7. The highest BCUT2D eigenvalue weighted by Crippen LogP contribution is 2.33. The molecule has 3 aromatic rings. The number of nitrogens with zero attached hydrogens (tertiary/aromatic N) is 1. The molecule has 2 aromatic carbocycles. The summed E-state index contributed by atoms with van der Waals surface area (Å²) in [6, 6.07) is 8.24. The lowest BCUT2D eigenvalue weighted by molar-refractivity contribution is 0.0462. The summed E-state index contributed by atoms with van der Waals surface area (Å²) in [6.45, 7) is -0.203. The number of thiazole rings is 1. The van der Waals surface area contributed by atoms with E-state index in [-0.39, 0.29) is 11.5 Å². The van der Waals surface area contributed by atoms with Crippen molar-refractivity contribution in [1.29, 1.82) is 0 Å². The summed E-state index contributed by atoms with van der Waals surface area (Å²) in [5.41, 5.74) is 0.769. The number of sulfonamides is 1. The fourth-order valence-corrected chi connectivity index (χ4v) is 4.20. The summed E-state index contributed by atoms with van der Waals surface area (Å²) >= 11 is 1.33. The SMILES string of the molecule is CNS(=O)(=O)c1ccc(F)c(C(=O)OCc2csc(-c3ccc(OC)c(OC)c3)n2)c1. The van der Waals surface area contributed by atoms with Gasteiger partial charge in [-0.1, -0.05) is 0 Å². The molecule has 1 heterocycles. The van der Waals surface area contributed by atoms with Crippen molar-refractivity contribution in [2.24, 2.45) is 0 Å². The second-order valence-corrected chi connectivity index (χ2v) is 8.88. The second kappa shape index (κ2) is 9.41. The van der Waals surface area contributed by atoms with Gasteiger partial charge in [0.25, 0.3) is 0 Å². The Morgan fingerprint density at radius 1 is 1.13 bits per heavy atom. The van der Waals surface area contributed by atoms with Crippen LogP contribution in [0, 0.1) is 5.82 Å². The van der Waals surface area contributed by atoms with Crippen molar-refractivity contribution in [2.75, 3.05) is 21.3 Å². The van der Waals surface area contributed by atoms with Gasteiger partial charge in [0.1, 0.15) is 17.4 Å². The van der Waals surface area contributed by atoms with Crippen LogP contribution in [0.3, 0.4) is 0 Å². The summed E-state index contributed by atoms with van der Waals surface area (Å²) in [5.74, 6) is -0.743. The van der Waals surface area contributed by atoms with E-state index in [0.717, 1.165) is 23.8 Å². The number of halogens is 1. The van der Waals surface area contributed by atoms with Gasteiger partial charge < -0.3 is 14.2 Å². The summed E-state index contributed by atoms with van der Waals surface area (Å²) in [5, 5.41) is 2.37. The number of hydrogen-bond donors (Lipinski definition) is 1. The van der Waals surface area contributed by atoms with E-state index in [1.807, 2.05) is 6.07 Å². The molecule has 0 aliphatic heterocycles. The largest absolute Gasteiger partial charge is 0.493 e. The average molecular weight is 467 g/mol. The topological polar surface area (TPSA) is 104 Å². The van der Waals surface area contributed by atoms with Crippen molar-refractivity contribution in [3.8, 4) is 22.1 Å². The minimum atomic E-state index is -3.83. The number of hydrogen-bond acceptors (Lipinski definition) is 8. The molecule has 0 spiro atoms. The molecule has 0 saturated carbocycles. The van der Waals surface area contributed by atoms with Gasteiger partial charge in [-0.25, -0.2) is 27.3 Å². The third-order valence-corrected chi connectivity index (χ3v) is 6.62. The number of nitrogens with one attached hydrogen (secondary N) is 1. The molecule has 0 radical (unpaired) electrons. The first-order valence-electron chi connectivity index (χ1n) is 8.86. The van der Waals surface area contributed by atoms with E-state index in [0.29, 0.717) is 22.2 Å². The van der Waals surface area contributed by atoms with E-state index in [4.69, 9.17) is 14.2 Å². The molecule has 0 aliphatic rings. The molecule has 0 fully saturated rings. The van der Waals surface area contributed by atoms with Gasteiger partial charge in [-0.15, -0.1) is 11.3 Å². The Morgan fingerprint density at radius 3 is 2.55 bits per heavy atom. The van der Waals surface area contributed by atoms with Gasteiger partial charge in [-0.05, 0) is 43.4 Å². The number of ether oxygens (including phenoxy) is 3. The van der Waals surface area contributed by atoms with Gasteiger partial charge >= 0.3 is 5.97 Å². The first-order chi connectivity index (χ1) is 14.8. The maximum absolute atomic E-state index is 14.0. The van der Waals surface area contributed by atoms with Crippen LogP contribution in [0.5, 0.6) is 11.5 Å². The molecular formula is C20H19FN2O6S2. The van der Waals surface area contributed by atoms with Crippen LogP contribution >= 0.6 is 11.3 Å². The third kappa shape index (κ3) is 5.01. The summed E-state index contributed by atoms with van der Waals surface area (Å²) in [4.78, 5) is 16.5. The van der Waals surface area contributed by atoms with Crippen LogP contribution in [0.15, 0.2) is 46.7 Å². The highest BCUT2D eigenvalue weighted by molar-refractivity contribution is 7.89. The quantitative estimate of drug-likeness (QED) is 0.508. The van der Waals surface area contributed by atoms with Gasteiger partial charge in [0.05, 0.1) is 30.4 Å². The molecule has 0 unspecified atom stereocenters. The van der Waals surface area contributed by atoms with Crippen molar-refractivity contribution in [1.82, 2.24) is 9.71 Å². The minimum Gasteiger partial charge on any atom is -0.493 e. The molecule has 31 heavy (non-hydrogen) atoms. The van der Waals surface area contributed by atoms with Crippen LogP contribution in [-0.2, 0) is 21.4 Å². The zero-order valence-electron chi connectivity index (χ0n) is 16.8. The molecule has 11 heteroatoms. The molecule has 0 amide bonds. The highest BCUT2D eigenvalue weighted by atomic mass is 32.2. The Morgan fingerprint density at radius 2 is 1.87 bits per heavy atom. The molecule has 164 valence electrons. The van der Waals surface area contributed by atoms with Gasteiger partial charge in [-0.3, -0.25) is 0 Å². The van der Waals surface area contributed by atoms with E-state index in [9.17, 15) is 17.6 Å². The van der Waals surface area contributed by atoms with Gasteiger partial charge in [-0.2, -0.15) is 0 Å². The fourth-order valence-electron chi connectivity index (χ4n) is 2.64. The van der Waals surface area contributed by atoms with E-state index >= 15 is 0 Å². The lowest BCUT2D eigenvalue weighted by atomic mass is 10.2. The number of benzene rings is 2. The predicted molar refractivity (Wildman–Crippen MR) is 112 cm³/mol. The summed E-state index contributed by atoms with van der Waals surface area (Å²) in [7, 11) is 0.460. The lowest BCUT2D eigenvalue weighted by Crippen LogP contribution is -2.19. The molecule has 1 aromatic heterocycles. The Kier molecular flexibility index (Phi) is 6.88. The van der Waals surface area contributed by atoms with Crippen molar-refractivity contribution in [3.63, 3.8) is 0 Å². The maximum atomic E-state index is 14.0. The van der Waals surface area contributed by atoms with Gasteiger partial charge in [0.2, 0.25) is 10.0 Å². The maximum Gasteiger partial charge on any atom is 0.341 e. The van der Waals surface area contributed by atoms with Crippen molar-refractivity contribution in [2.45, 2.75) is 11.5 Å². The third-order valence-electron chi connectivity index (χ3n) is 4.27. The standard InChI is InChI=1S/C20H19FN2O6S2/c1-22-31(25,26)14-5-6-16(21)15(9-14)20(24)29-10-13-11-30-19(23-13)12-4-7-17(27-2)18(8-12)28-3/h4-9,11,22H,10H2,1-3H3. The highest BCUT2D eigenvalue weighted by Gasteiger charge is 2.20. The molecule has 0 saturated heterocycles. The summed E-state index contributed by atoms with van der Waals surface area (Å²) in [6.07, 6.45) is 0. The lowest BCUT2D eigenvalue weighted by Gasteiger charge is -2.08. The number of carbonyl (C=O) groups is 1. The van der Waals surface area contributed by atoms with E-state index in [1.54, 1.807) is 24.6 Å². The van der Waals surface area contributed by atoms with E-state index in [1.165, 1.54) is 25.5 Å². The van der Waals surface area contributed by atoms with E-state index < -0.39 is 27.4 Å². The first-order valence-corrected chi connectivity index (χ1v) is 11.2. The Balaban J connectivity index is 1.74. The molecular weight excluding hydrogens is 447 g/mol. The fraction of sp³-hybridized carbons (Fsp3) is 0.200. The molecule has 0 bridgehead atoms. The Bertz CT molecular complexity index is 1210. The van der Waals surface area contributed by atoms with Crippen LogP contribution in [-0.4, -0.2) is 40.6 Å². The van der Waals surface area contributed by atoms with Crippen molar-refractivity contribution >= 4 is 27.3 Å². The zero-order chi connectivity index (χ0) is 22.6. The monoisotopic (exact) mass is 466 g/mol. The summed E-state index contributed by atoms with van der Waals surface area (Å²) < 4.78 is 55.5. The molecule has 8 nitrogen and oxygen atoms in total. The normalized spacial score (nSPS) is 11.2. The number of carbonyl (C=O) groups excluding carboxylic acids is 1. The smallest absolute Gasteiger partial charge is 0.341 e. The average Bonchev–Trinajstić information content (AvgIpc) is 3.26. The number of methoxy groups -OCH3 is 2. The van der Waals surface area contributed by atoms with Crippen LogP contribution in [0.2, 0.25) is 0 Å². The van der Waals surface area contributed by atoms with Crippen LogP contribution < -0.4 is 14.2 Å². The second-order valence-electron chi connectivity index (χ2n) is 6.14. The molecule has 0 atom stereocenters.